The lowest BCUT2D eigenvalue weighted by Crippen LogP contribution is -2.29. The fraction of sp³-hybridized carbons (Fsp3) is 1.00. The van der Waals surface area contributed by atoms with Gasteiger partial charge in [-0.05, 0) is 64.6 Å². The van der Waals surface area contributed by atoms with E-state index in [9.17, 15) is 0 Å². The summed E-state index contributed by atoms with van der Waals surface area (Å²) in [5.74, 6) is 0.948. The highest BCUT2D eigenvalue weighted by molar-refractivity contribution is 5.00. The maximum atomic E-state index is 3.55. The zero-order chi connectivity index (χ0) is 9.86. The summed E-state index contributed by atoms with van der Waals surface area (Å²) in [7, 11) is 2.12. The van der Waals surface area contributed by atoms with Gasteiger partial charge in [-0.3, -0.25) is 0 Å². The van der Waals surface area contributed by atoms with Crippen molar-refractivity contribution in [3.63, 3.8) is 0 Å². The van der Waals surface area contributed by atoms with Gasteiger partial charge in [0.25, 0.3) is 0 Å². The molecule has 0 aromatic heterocycles. The summed E-state index contributed by atoms with van der Waals surface area (Å²) in [6.45, 7) is 2.51. The van der Waals surface area contributed by atoms with E-state index in [1.807, 2.05) is 0 Å². The van der Waals surface area contributed by atoms with E-state index in [1.54, 1.807) is 0 Å². The van der Waals surface area contributed by atoms with Gasteiger partial charge in [-0.15, -0.1) is 0 Å². The predicted octanol–water partition coefficient (Wildman–Crippen LogP) is 1.91. The highest BCUT2D eigenvalue weighted by atomic mass is 15.0. The second-order valence-electron chi connectivity index (χ2n) is 5.13. The third kappa shape index (κ3) is 2.71. The van der Waals surface area contributed by atoms with Crippen molar-refractivity contribution in [3.05, 3.63) is 0 Å². The molecule has 2 heteroatoms. The van der Waals surface area contributed by atoms with Gasteiger partial charge in [-0.25, -0.2) is 0 Å². The van der Waals surface area contributed by atoms with Gasteiger partial charge < -0.3 is 10.6 Å². The van der Waals surface area contributed by atoms with E-state index in [0.29, 0.717) is 5.54 Å². The van der Waals surface area contributed by atoms with Crippen LogP contribution in [-0.2, 0) is 0 Å². The van der Waals surface area contributed by atoms with Crippen molar-refractivity contribution in [2.24, 2.45) is 5.92 Å². The van der Waals surface area contributed by atoms with E-state index in [4.69, 9.17) is 0 Å². The summed E-state index contributed by atoms with van der Waals surface area (Å²) < 4.78 is 0. The van der Waals surface area contributed by atoms with Gasteiger partial charge in [-0.2, -0.15) is 0 Å². The quantitative estimate of drug-likeness (QED) is 0.717. The van der Waals surface area contributed by atoms with Crippen LogP contribution in [0.5, 0.6) is 0 Å². The van der Waals surface area contributed by atoms with Crippen LogP contribution >= 0.6 is 0 Å². The van der Waals surface area contributed by atoms with Crippen LogP contribution in [0.3, 0.4) is 0 Å². The van der Waals surface area contributed by atoms with Gasteiger partial charge in [0.15, 0.2) is 0 Å². The topological polar surface area (TPSA) is 24.1 Å². The number of nitrogens with one attached hydrogen (secondary N) is 2. The predicted molar refractivity (Wildman–Crippen MR) is 60.5 cm³/mol. The van der Waals surface area contributed by atoms with E-state index in [1.165, 1.54) is 58.0 Å². The first-order valence-corrected chi connectivity index (χ1v) is 6.24. The first-order chi connectivity index (χ1) is 6.85. The SMILES string of the molecule is CNC1(CCC2CCCCNC2)CC1. The molecule has 14 heavy (non-hydrogen) atoms. The van der Waals surface area contributed by atoms with Gasteiger partial charge >= 0.3 is 0 Å². The largest absolute Gasteiger partial charge is 0.316 e. The maximum Gasteiger partial charge on any atom is 0.0180 e. The van der Waals surface area contributed by atoms with E-state index in [0.717, 1.165) is 5.92 Å². The maximum absolute atomic E-state index is 3.55. The molecule has 1 aliphatic heterocycles. The Hall–Kier alpha value is -0.0800. The Labute approximate surface area is 87.8 Å². The molecule has 0 aromatic rings. The summed E-state index contributed by atoms with van der Waals surface area (Å²) in [6.07, 6.45) is 9.90. The smallest absolute Gasteiger partial charge is 0.0180 e. The van der Waals surface area contributed by atoms with Crippen molar-refractivity contribution in [1.82, 2.24) is 10.6 Å². The minimum absolute atomic E-state index is 0.562. The molecule has 1 unspecified atom stereocenters. The monoisotopic (exact) mass is 196 g/mol. The molecule has 0 amide bonds. The molecule has 2 fully saturated rings. The molecule has 1 aliphatic carbocycles. The molecule has 1 atom stereocenters. The van der Waals surface area contributed by atoms with E-state index in [2.05, 4.69) is 17.7 Å². The van der Waals surface area contributed by atoms with Crippen LogP contribution in [0.15, 0.2) is 0 Å². The van der Waals surface area contributed by atoms with Crippen LogP contribution in [-0.4, -0.2) is 25.7 Å². The first-order valence-electron chi connectivity index (χ1n) is 6.24. The van der Waals surface area contributed by atoms with Crippen molar-refractivity contribution in [3.8, 4) is 0 Å². The fourth-order valence-electron chi connectivity index (χ4n) is 2.59. The fourth-order valence-corrected chi connectivity index (χ4v) is 2.59. The zero-order valence-corrected chi connectivity index (χ0v) is 9.44. The van der Waals surface area contributed by atoms with Gasteiger partial charge in [-0.1, -0.05) is 6.42 Å². The van der Waals surface area contributed by atoms with Crippen LogP contribution in [0.4, 0.5) is 0 Å². The van der Waals surface area contributed by atoms with Gasteiger partial charge in [0.1, 0.15) is 0 Å². The molecule has 1 heterocycles. The Balaban J connectivity index is 1.68. The first kappa shape index (κ1) is 10.4. The molecule has 0 spiro atoms. The van der Waals surface area contributed by atoms with Crippen molar-refractivity contribution < 1.29 is 0 Å². The minimum Gasteiger partial charge on any atom is -0.316 e. The average molecular weight is 196 g/mol. The molecule has 0 aromatic carbocycles. The highest BCUT2D eigenvalue weighted by Crippen LogP contribution is 2.40. The molecular formula is C12H24N2. The molecular weight excluding hydrogens is 172 g/mol. The number of rotatable bonds is 4. The molecule has 0 bridgehead atoms. The van der Waals surface area contributed by atoms with Crippen LogP contribution in [0.1, 0.15) is 44.9 Å². The number of hydrogen-bond donors (Lipinski definition) is 2. The van der Waals surface area contributed by atoms with Crippen LogP contribution < -0.4 is 10.6 Å². The molecule has 2 rings (SSSR count). The van der Waals surface area contributed by atoms with Crippen LogP contribution in [0.2, 0.25) is 0 Å². The molecule has 82 valence electrons. The molecule has 2 aliphatic rings. The van der Waals surface area contributed by atoms with E-state index in [-0.39, 0.29) is 0 Å². The van der Waals surface area contributed by atoms with Crippen molar-refractivity contribution in [2.75, 3.05) is 20.1 Å². The second-order valence-corrected chi connectivity index (χ2v) is 5.13. The summed E-state index contributed by atoms with van der Waals surface area (Å²) in [5, 5.41) is 7.04. The summed E-state index contributed by atoms with van der Waals surface area (Å²) >= 11 is 0. The zero-order valence-electron chi connectivity index (χ0n) is 9.44. The second kappa shape index (κ2) is 4.63. The Morgan fingerprint density at radius 3 is 2.93 bits per heavy atom. The van der Waals surface area contributed by atoms with Gasteiger partial charge in [0.2, 0.25) is 0 Å². The third-order valence-corrected chi connectivity index (χ3v) is 4.06. The standard InChI is InChI=1S/C12H24N2/c1-13-12(7-8-12)6-5-11-4-2-3-9-14-10-11/h11,13-14H,2-10H2,1H3. The van der Waals surface area contributed by atoms with Crippen molar-refractivity contribution in [2.45, 2.75) is 50.5 Å². The average Bonchev–Trinajstić information content (AvgIpc) is 3.01. The lowest BCUT2D eigenvalue weighted by atomic mass is 9.94. The minimum atomic E-state index is 0.562. The highest BCUT2D eigenvalue weighted by Gasteiger charge is 2.40. The van der Waals surface area contributed by atoms with Gasteiger partial charge in [0, 0.05) is 5.54 Å². The third-order valence-electron chi connectivity index (χ3n) is 4.06. The molecule has 1 saturated heterocycles. The molecule has 1 saturated carbocycles. The summed E-state index contributed by atoms with van der Waals surface area (Å²) in [6, 6.07) is 0. The van der Waals surface area contributed by atoms with Crippen LogP contribution in [0, 0.1) is 5.92 Å². The van der Waals surface area contributed by atoms with E-state index < -0.39 is 0 Å². The van der Waals surface area contributed by atoms with Crippen molar-refractivity contribution in [1.29, 1.82) is 0 Å². The number of hydrogen-bond acceptors (Lipinski definition) is 2. The molecule has 2 N–H and O–H groups in total. The summed E-state index contributed by atoms with van der Waals surface area (Å²) in [5.41, 5.74) is 0.562. The van der Waals surface area contributed by atoms with Gasteiger partial charge in [0.05, 0.1) is 0 Å². The molecule has 0 radical (unpaired) electrons. The lowest BCUT2D eigenvalue weighted by Gasteiger charge is -2.19. The van der Waals surface area contributed by atoms with E-state index >= 15 is 0 Å². The lowest BCUT2D eigenvalue weighted by molar-refractivity contribution is 0.383. The van der Waals surface area contributed by atoms with Crippen LogP contribution in [0.25, 0.3) is 0 Å². The Bertz CT molecular complexity index is 167. The normalized spacial score (nSPS) is 31.1. The van der Waals surface area contributed by atoms with Crippen molar-refractivity contribution >= 4 is 0 Å². The Morgan fingerprint density at radius 2 is 2.21 bits per heavy atom. The summed E-state index contributed by atoms with van der Waals surface area (Å²) in [4.78, 5) is 0. The Morgan fingerprint density at radius 1 is 1.36 bits per heavy atom. The molecule has 2 nitrogen and oxygen atoms in total. The Kier molecular flexibility index (Phi) is 3.45.